The van der Waals surface area contributed by atoms with E-state index in [9.17, 15) is 4.79 Å². The molecule has 2 aromatic carbocycles. The number of fused-ring (bicyclic) bond motifs is 1. The first-order valence-electron chi connectivity index (χ1n) is 8.24. The van der Waals surface area contributed by atoms with E-state index in [0.717, 1.165) is 17.7 Å². The summed E-state index contributed by atoms with van der Waals surface area (Å²) in [5, 5.41) is 15.7. The molecule has 8 heteroatoms. The van der Waals surface area contributed by atoms with Gasteiger partial charge in [0.05, 0.1) is 17.7 Å². The SMILES string of the molecule is O=C(Cn1nnc(-c2ccccc2Cl)n1)NC1CCOc2ccccc21. The lowest BCUT2D eigenvalue weighted by molar-refractivity contribution is -0.123. The van der Waals surface area contributed by atoms with Crippen LogP contribution in [-0.2, 0) is 11.3 Å². The number of carbonyl (C=O) groups is 1. The van der Waals surface area contributed by atoms with E-state index in [2.05, 4.69) is 20.7 Å². The highest BCUT2D eigenvalue weighted by Gasteiger charge is 2.23. The van der Waals surface area contributed by atoms with Crippen LogP contribution in [0.25, 0.3) is 11.4 Å². The van der Waals surface area contributed by atoms with Crippen LogP contribution in [0.2, 0.25) is 5.02 Å². The minimum absolute atomic E-state index is 0.0169. The second-order valence-electron chi connectivity index (χ2n) is 5.92. The third-order valence-corrected chi connectivity index (χ3v) is 4.48. The highest BCUT2D eigenvalue weighted by atomic mass is 35.5. The standard InChI is InChI=1S/C18H16ClN5O2/c19-14-7-3-1-5-12(14)18-21-23-24(22-18)11-17(25)20-15-9-10-26-16-8-4-2-6-13(15)16/h1-8,15H,9-11H2,(H,20,25). The molecule has 0 spiro atoms. The average molecular weight is 370 g/mol. The monoisotopic (exact) mass is 369 g/mol. The van der Waals surface area contributed by atoms with Crippen LogP contribution in [0, 0.1) is 0 Å². The van der Waals surface area contributed by atoms with Gasteiger partial charge in [-0.1, -0.05) is 41.9 Å². The van der Waals surface area contributed by atoms with Crippen molar-refractivity contribution in [3.05, 3.63) is 59.1 Å². The Labute approximate surface area is 154 Å². The molecule has 1 N–H and O–H groups in total. The van der Waals surface area contributed by atoms with Crippen molar-refractivity contribution in [1.82, 2.24) is 25.5 Å². The minimum Gasteiger partial charge on any atom is -0.493 e. The molecule has 1 aliphatic rings. The van der Waals surface area contributed by atoms with Gasteiger partial charge in [-0.2, -0.15) is 4.80 Å². The lowest BCUT2D eigenvalue weighted by Gasteiger charge is -2.26. The van der Waals surface area contributed by atoms with E-state index in [4.69, 9.17) is 16.3 Å². The first-order valence-corrected chi connectivity index (χ1v) is 8.62. The van der Waals surface area contributed by atoms with Gasteiger partial charge in [0, 0.05) is 17.5 Å². The third kappa shape index (κ3) is 3.39. The number of halogens is 1. The van der Waals surface area contributed by atoms with Crippen molar-refractivity contribution in [3.8, 4) is 17.1 Å². The fourth-order valence-corrected chi connectivity index (χ4v) is 3.14. The summed E-state index contributed by atoms with van der Waals surface area (Å²) in [5.41, 5.74) is 1.66. The molecule has 0 bridgehead atoms. The van der Waals surface area contributed by atoms with Crippen molar-refractivity contribution in [2.75, 3.05) is 6.61 Å². The summed E-state index contributed by atoms with van der Waals surface area (Å²) in [4.78, 5) is 13.7. The van der Waals surface area contributed by atoms with Gasteiger partial charge in [0.1, 0.15) is 12.3 Å². The number of nitrogens with one attached hydrogen (secondary N) is 1. The Hall–Kier alpha value is -2.93. The number of carbonyl (C=O) groups excluding carboxylic acids is 1. The molecule has 0 saturated carbocycles. The quantitative estimate of drug-likeness (QED) is 0.764. The maximum Gasteiger partial charge on any atom is 0.244 e. The molecule has 26 heavy (non-hydrogen) atoms. The number of tetrazole rings is 1. The number of rotatable bonds is 4. The van der Waals surface area contributed by atoms with E-state index < -0.39 is 0 Å². The molecule has 0 aliphatic carbocycles. The number of ether oxygens (including phenoxy) is 1. The summed E-state index contributed by atoms with van der Waals surface area (Å²) in [6.45, 7) is 0.553. The molecule has 0 radical (unpaired) electrons. The zero-order valence-corrected chi connectivity index (χ0v) is 14.6. The van der Waals surface area contributed by atoms with Crippen LogP contribution in [0.1, 0.15) is 18.0 Å². The van der Waals surface area contributed by atoms with Gasteiger partial charge in [0.2, 0.25) is 11.7 Å². The number of aromatic nitrogens is 4. The van der Waals surface area contributed by atoms with Crippen molar-refractivity contribution >= 4 is 17.5 Å². The Morgan fingerprint density at radius 1 is 1.23 bits per heavy atom. The number of hydrogen-bond acceptors (Lipinski definition) is 5. The molecular formula is C18H16ClN5O2. The van der Waals surface area contributed by atoms with Gasteiger partial charge in [0.15, 0.2) is 0 Å². The predicted octanol–water partition coefficient (Wildman–Crippen LogP) is 2.63. The molecule has 1 aliphatic heterocycles. The molecule has 0 saturated heterocycles. The van der Waals surface area contributed by atoms with E-state index in [-0.39, 0.29) is 18.5 Å². The maximum atomic E-state index is 12.4. The zero-order valence-electron chi connectivity index (χ0n) is 13.8. The van der Waals surface area contributed by atoms with E-state index >= 15 is 0 Å². The Morgan fingerprint density at radius 3 is 2.92 bits per heavy atom. The van der Waals surface area contributed by atoms with E-state index in [1.54, 1.807) is 6.07 Å². The topological polar surface area (TPSA) is 81.9 Å². The molecular weight excluding hydrogens is 354 g/mol. The van der Waals surface area contributed by atoms with Gasteiger partial charge in [-0.05, 0) is 23.4 Å². The number of benzene rings is 2. The van der Waals surface area contributed by atoms with Crippen molar-refractivity contribution in [3.63, 3.8) is 0 Å². The van der Waals surface area contributed by atoms with Gasteiger partial charge in [0.25, 0.3) is 0 Å². The second kappa shape index (κ2) is 7.13. The van der Waals surface area contributed by atoms with Gasteiger partial charge in [-0.25, -0.2) is 0 Å². The van der Waals surface area contributed by atoms with Gasteiger partial charge in [-0.3, -0.25) is 4.79 Å². The fourth-order valence-electron chi connectivity index (χ4n) is 2.92. The van der Waals surface area contributed by atoms with Gasteiger partial charge >= 0.3 is 0 Å². The summed E-state index contributed by atoms with van der Waals surface area (Å²) in [6.07, 6.45) is 0.721. The Kier molecular flexibility index (Phi) is 4.53. The Morgan fingerprint density at radius 2 is 2.04 bits per heavy atom. The van der Waals surface area contributed by atoms with Crippen molar-refractivity contribution < 1.29 is 9.53 Å². The van der Waals surface area contributed by atoms with Crippen molar-refractivity contribution in [1.29, 1.82) is 0 Å². The zero-order chi connectivity index (χ0) is 17.9. The van der Waals surface area contributed by atoms with Crippen molar-refractivity contribution in [2.45, 2.75) is 19.0 Å². The molecule has 0 fully saturated rings. The summed E-state index contributed by atoms with van der Waals surface area (Å²) in [6, 6.07) is 14.9. The molecule has 3 aromatic rings. The fraction of sp³-hybridized carbons (Fsp3) is 0.222. The average Bonchev–Trinajstić information content (AvgIpc) is 3.10. The van der Waals surface area contributed by atoms with E-state index in [1.807, 2.05) is 42.5 Å². The second-order valence-corrected chi connectivity index (χ2v) is 6.33. The summed E-state index contributed by atoms with van der Waals surface area (Å²) >= 11 is 6.14. The molecule has 1 atom stereocenters. The Balaban J connectivity index is 1.44. The van der Waals surface area contributed by atoms with Crippen LogP contribution >= 0.6 is 11.6 Å². The first-order chi connectivity index (χ1) is 12.7. The van der Waals surface area contributed by atoms with Crippen LogP contribution in [0.15, 0.2) is 48.5 Å². The highest BCUT2D eigenvalue weighted by Crippen LogP contribution is 2.31. The maximum absolute atomic E-state index is 12.4. The Bertz CT molecular complexity index is 943. The van der Waals surface area contributed by atoms with Crippen LogP contribution in [0.3, 0.4) is 0 Å². The molecule has 7 nitrogen and oxygen atoms in total. The van der Waals surface area contributed by atoms with Crippen LogP contribution in [-0.4, -0.2) is 32.7 Å². The summed E-state index contributed by atoms with van der Waals surface area (Å²) in [5.74, 6) is 1.01. The minimum atomic E-state index is -0.185. The van der Waals surface area contributed by atoms with E-state index in [1.165, 1.54) is 4.80 Å². The van der Waals surface area contributed by atoms with E-state index in [0.29, 0.717) is 23.0 Å². The largest absolute Gasteiger partial charge is 0.493 e. The number of hydrogen-bond donors (Lipinski definition) is 1. The van der Waals surface area contributed by atoms with Crippen molar-refractivity contribution in [2.24, 2.45) is 0 Å². The lowest BCUT2D eigenvalue weighted by atomic mass is 10.0. The van der Waals surface area contributed by atoms with Gasteiger partial charge in [-0.15, -0.1) is 10.2 Å². The molecule has 4 rings (SSSR count). The molecule has 1 aromatic heterocycles. The number of amides is 1. The molecule has 1 unspecified atom stereocenters. The smallest absolute Gasteiger partial charge is 0.244 e. The first kappa shape index (κ1) is 16.5. The third-order valence-electron chi connectivity index (χ3n) is 4.15. The summed E-state index contributed by atoms with van der Waals surface area (Å²) in [7, 11) is 0. The highest BCUT2D eigenvalue weighted by molar-refractivity contribution is 6.33. The molecule has 2 heterocycles. The number of para-hydroxylation sites is 1. The van der Waals surface area contributed by atoms with Crippen LogP contribution in [0.5, 0.6) is 5.75 Å². The lowest BCUT2D eigenvalue weighted by Crippen LogP contribution is -2.34. The molecule has 132 valence electrons. The van der Waals surface area contributed by atoms with Gasteiger partial charge < -0.3 is 10.1 Å². The molecule has 1 amide bonds. The van der Waals surface area contributed by atoms with Crippen LogP contribution in [0.4, 0.5) is 0 Å². The summed E-state index contributed by atoms with van der Waals surface area (Å²) < 4.78 is 5.61. The van der Waals surface area contributed by atoms with Crippen LogP contribution < -0.4 is 10.1 Å². The predicted molar refractivity (Wildman–Crippen MR) is 95.7 cm³/mol. The normalized spacial score (nSPS) is 15.8. The number of nitrogens with zero attached hydrogens (tertiary/aromatic N) is 4.